The molecule has 0 saturated heterocycles. The number of aryl methyl sites for hydroxylation is 3. The molecular formula is C19H23NO2. The summed E-state index contributed by atoms with van der Waals surface area (Å²) in [6.45, 7) is 7.87. The van der Waals surface area contributed by atoms with Crippen LogP contribution in [0.3, 0.4) is 0 Å². The zero-order valence-electron chi connectivity index (χ0n) is 13.6. The van der Waals surface area contributed by atoms with Crippen LogP contribution < -0.4 is 10.1 Å². The molecule has 1 N–H and O–H groups in total. The first-order valence-corrected chi connectivity index (χ1v) is 7.63. The summed E-state index contributed by atoms with van der Waals surface area (Å²) in [6.07, 6.45) is 0.329. The Labute approximate surface area is 132 Å². The van der Waals surface area contributed by atoms with E-state index >= 15 is 0 Å². The molecule has 1 atom stereocenters. The maximum Gasteiger partial charge on any atom is 0.265 e. The Morgan fingerprint density at radius 3 is 2.41 bits per heavy atom. The van der Waals surface area contributed by atoms with Gasteiger partial charge >= 0.3 is 0 Å². The topological polar surface area (TPSA) is 38.3 Å². The maximum absolute atomic E-state index is 12.3. The van der Waals surface area contributed by atoms with Crippen LogP contribution in [0.2, 0.25) is 0 Å². The van der Waals surface area contributed by atoms with Gasteiger partial charge in [-0.2, -0.15) is 0 Å². The molecule has 0 unspecified atom stereocenters. The van der Waals surface area contributed by atoms with Gasteiger partial charge in [0.15, 0.2) is 6.10 Å². The second-order valence-electron chi connectivity index (χ2n) is 5.59. The number of amides is 1. The van der Waals surface area contributed by atoms with Crippen molar-refractivity contribution in [3.63, 3.8) is 0 Å². The van der Waals surface area contributed by atoms with E-state index in [1.54, 1.807) is 6.92 Å². The zero-order chi connectivity index (χ0) is 16.1. The minimum Gasteiger partial charge on any atom is -0.481 e. The molecule has 1 amide bonds. The van der Waals surface area contributed by atoms with Crippen molar-refractivity contribution in [2.24, 2.45) is 0 Å². The number of rotatable bonds is 5. The molecule has 0 spiro atoms. The molecule has 2 aromatic carbocycles. The fourth-order valence-corrected chi connectivity index (χ4v) is 2.45. The van der Waals surface area contributed by atoms with Crippen molar-refractivity contribution in [1.29, 1.82) is 0 Å². The third-order valence-electron chi connectivity index (χ3n) is 3.52. The fourth-order valence-electron chi connectivity index (χ4n) is 2.45. The van der Waals surface area contributed by atoms with Crippen LogP contribution in [0.25, 0.3) is 0 Å². The summed E-state index contributed by atoms with van der Waals surface area (Å²) >= 11 is 0. The van der Waals surface area contributed by atoms with Crippen LogP contribution in [0.4, 0.5) is 5.69 Å². The van der Waals surface area contributed by atoms with Crippen LogP contribution >= 0.6 is 0 Å². The van der Waals surface area contributed by atoms with Crippen LogP contribution in [0, 0.1) is 13.8 Å². The number of nitrogens with one attached hydrogen (secondary N) is 1. The van der Waals surface area contributed by atoms with Crippen LogP contribution in [-0.4, -0.2) is 12.0 Å². The van der Waals surface area contributed by atoms with E-state index in [-0.39, 0.29) is 5.91 Å². The van der Waals surface area contributed by atoms with Gasteiger partial charge in [0.25, 0.3) is 5.91 Å². The van der Waals surface area contributed by atoms with E-state index in [4.69, 9.17) is 4.74 Å². The molecule has 0 heterocycles. The predicted molar refractivity (Wildman–Crippen MR) is 90.5 cm³/mol. The summed E-state index contributed by atoms with van der Waals surface area (Å²) in [4.78, 5) is 12.3. The van der Waals surface area contributed by atoms with Gasteiger partial charge in [-0.3, -0.25) is 4.79 Å². The molecule has 3 heteroatoms. The second kappa shape index (κ2) is 7.12. The van der Waals surface area contributed by atoms with Crippen molar-refractivity contribution in [3.05, 3.63) is 59.2 Å². The van der Waals surface area contributed by atoms with Gasteiger partial charge in [-0.15, -0.1) is 0 Å². The summed E-state index contributed by atoms with van der Waals surface area (Å²) in [5.74, 6) is 0.629. The number of anilines is 1. The molecule has 0 aromatic heterocycles. The molecule has 0 saturated carbocycles. The molecule has 0 bridgehead atoms. The normalized spacial score (nSPS) is 11.8. The number of ether oxygens (including phenoxy) is 1. The SMILES string of the molecule is CCc1ccccc1O[C@H](C)C(=O)Nc1cc(C)cc(C)c1. The van der Waals surface area contributed by atoms with Gasteiger partial charge in [0.1, 0.15) is 5.75 Å². The van der Waals surface area contributed by atoms with E-state index in [1.807, 2.05) is 50.2 Å². The minimum atomic E-state index is -0.548. The van der Waals surface area contributed by atoms with Crippen molar-refractivity contribution >= 4 is 11.6 Å². The van der Waals surface area contributed by atoms with E-state index in [1.165, 1.54) is 0 Å². The van der Waals surface area contributed by atoms with E-state index in [0.717, 1.165) is 34.5 Å². The Hall–Kier alpha value is -2.29. The summed E-state index contributed by atoms with van der Waals surface area (Å²) in [5, 5.41) is 2.92. The predicted octanol–water partition coefficient (Wildman–Crippen LogP) is 4.27. The van der Waals surface area contributed by atoms with Crippen LogP contribution in [0.15, 0.2) is 42.5 Å². The fraction of sp³-hybridized carbons (Fsp3) is 0.316. The third-order valence-corrected chi connectivity index (χ3v) is 3.52. The Bertz CT molecular complexity index is 644. The smallest absolute Gasteiger partial charge is 0.265 e. The molecule has 0 aliphatic heterocycles. The first-order valence-electron chi connectivity index (χ1n) is 7.63. The van der Waals surface area contributed by atoms with Crippen LogP contribution in [0.1, 0.15) is 30.5 Å². The summed E-state index contributed by atoms with van der Waals surface area (Å²) in [7, 11) is 0. The van der Waals surface area contributed by atoms with E-state index in [9.17, 15) is 4.79 Å². The first-order chi connectivity index (χ1) is 10.5. The lowest BCUT2D eigenvalue weighted by atomic mass is 10.1. The molecular weight excluding hydrogens is 274 g/mol. The van der Waals surface area contributed by atoms with Gasteiger partial charge in [0, 0.05) is 5.69 Å². The lowest BCUT2D eigenvalue weighted by molar-refractivity contribution is -0.122. The monoisotopic (exact) mass is 297 g/mol. The second-order valence-corrected chi connectivity index (χ2v) is 5.59. The van der Waals surface area contributed by atoms with Crippen LogP contribution in [0.5, 0.6) is 5.75 Å². The van der Waals surface area contributed by atoms with Crippen molar-refractivity contribution in [2.75, 3.05) is 5.32 Å². The lowest BCUT2D eigenvalue weighted by Crippen LogP contribution is -2.30. The van der Waals surface area contributed by atoms with E-state index in [2.05, 4.69) is 18.3 Å². The molecule has 0 fully saturated rings. The van der Waals surface area contributed by atoms with Gasteiger partial charge in [0.05, 0.1) is 0 Å². The van der Waals surface area contributed by atoms with E-state index in [0.29, 0.717) is 0 Å². The first kappa shape index (κ1) is 16.1. The van der Waals surface area contributed by atoms with E-state index < -0.39 is 6.10 Å². The van der Waals surface area contributed by atoms with Crippen molar-refractivity contribution in [1.82, 2.24) is 0 Å². The minimum absolute atomic E-state index is 0.143. The Morgan fingerprint density at radius 2 is 1.77 bits per heavy atom. The van der Waals surface area contributed by atoms with Crippen molar-refractivity contribution in [3.8, 4) is 5.75 Å². The quantitative estimate of drug-likeness (QED) is 0.895. The number of hydrogen-bond donors (Lipinski definition) is 1. The molecule has 116 valence electrons. The van der Waals surface area contributed by atoms with Crippen molar-refractivity contribution in [2.45, 2.75) is 40.2 Å². The number of carbonyl (C=O) groups excluding carboxylic acids is 1. The average molecular weight is 297 g/mol. The lowest BCUT2D eigenvalue weighted by Gasteiger charge is -2.17. The van der Waals surface area contributed by atoms with Crippen molar-refractivity contribution < 1.29 is 9.53 Å². The highest BCUT2D eigenvalue weighted by molar-refractivity contribution is 5.94. The molecule has 0 aliphatic rings. The third kappa shape index (κ3) is 4.10. The highest BCUT2D eigenvalue weighted by Gasteiger charge is 2.16. The highest BCUT2D eigenvalue weighted by atomic mass is 16.5. The molecule has 0 radical (unpaired) electrons. The number of carbonyl (C=O) groups is 1. The van der Waals surface area contributed by atoms with Crippen LogP contribution in [-0.2, 0) is 11.2 Å². The molecule has 2 aromatic rings. The molecule has 3 nitrogen and oxygen atoms in total. The Balaban J connectivity index is 2.06. The summed E-state index contributed by atoms with van der Waals surface area (Å²) in [6, 6.07) is 13.8. The zero-order valence-corrected chi connectivity index (χ0v) is 13.6. The van der Waals surface area contributed by atoms with Gasteiger partial charge in [-0.25, -0.2) is 0 Å². The van der Waals surface area contributed by atoms with Gasteiger partial charge in [-0.1, -0.05) is 31.2 Å². The highest BCUT2D eigenvalue weighted by Crippen LogP contribution is 2.20. The number of hydrogen-bond acceptors (Lipinski definition) is 2. The largest absolute Gasteiger partial charge is 0.481 e. The van der Waals surface area contributed by atoms with Gasteiger partial charge in [-0.05, 0) is 62.1 Å². The Kier molecular flexibility index (Phi) is 5.21. The molecule has 0 aliphatic carbocycles. The standard InChI is InChI=1S/C19H23NO2/c1-5-16-8-6-7-9-18(16)22-15(4)19(21)20-17-11-13(2)10-14(3)12-17/h6-12,15H,5H2,1-4H3,(H,20,21)/t15-/m1/s1. The number of benzene rings is 2. The average Bonchev–Trinajstić information content (AvgIpc) is 2.46. The van der Waals surface area contributed by atoms with Gasteiger partial charge < -0.3 is 10.1 Å². The molecule has 22 heavy (non-hydrogen) atoms. The van der Waals surface area contributed by atoms with Gasteiger partial charge in [0.2, 0.25) is 0 Å². The number of para-hydroxylation sites is 1. The maximum atomic E-state index is 12.3. The summed E-state index contributed by atoms with van der Waals surface area (Å²) < 4.78 is 5.82. The molecule has 2 rings (SSSR count). The summed E-state index contributed by atoms with van der Waals surface area (Å²) in [5.41, 5.74) is 4.16. The Morgan fingerprint density at radius 1 is 1.14 bits per heavy atom.